The molecule has 2 aromatic rings. The number of hydrogen-bond acceptors (Lipinski definition) is 7. The predicted molar refractivity (Wildman–Crippen MR) is 109 cm³/mol. The molecular weight excluding hydrogens is 392 g/mol. The Morgan fingerprint density at radius 2 is 1.70 bits per heavy atom. The third kappa shape index (κ3) is 5.71. The maximum absolute atomic E-state index is 12.7. The van der Waals surface area contributed by atoms with E-state index in [0.29, 0.717) is 0 Å². The fraction of sp³-hybridized carbons (Fsp3) is 0.286. The van der Waals surface area contributed by atoms with Gasteiger partial charge in [0, 0.05) is 18.6 Å². The third-order valence-electron chi connectivity index (χ3n) is 4.64. The average molecular weight is 414 g/mol. The van der Waals surface area contributed by atoms with Crippen LogP contribution in [0.5, 0.6) is 0 Å². The second-order valence-corrected chi connectivity index (χ2v) is 6.89. The number of nitro benzene ring substituents is 2. The molecule has 0 saturated carbocycles. The van der Waals surface area contributed by atoms with E-state index in [1.807, 2.05) is 30.3 Å². The standard InChI is InChI=1S/C21H22N2O7/c1-4-10-21(3,15(2)29-14-16-8-6-5-7-9-16)30-20(24)17-11-18(22(25)26)13-19(12-17)23(27)28/h4-9,11-13,15H,1,10,14H2,2-3H3/t15-,21-/m0/s1. The van der Waals surface area contributed by atoms with E-state index >= 15 is 0 Å². The minimum absolute atomic E-state index is 0.242. The summed E-state index contributed by atoms with van der Waals surface area (Å²) in [4.78, 5) is 33.2. The molecule has 0 fully saturated rings. The zero-order chi connectivity index (χ0) is 22.3. The van der Waals surface area contributed by atoms with E-state index in [2.05, 4.69) is 6.58 Å². The fourth-order valence-electron chi connectivity index (χ4n) is 2.74. The molecule has 0 aliphatic carbocycles. The monoisotopic (exact) mass is 414 g/mol. The van der Waals surface area contributed by atoms with Crippen LogP contribution in [0.3, 0.4) is 0 Å². The molecule has 0 N–H and O–H groups in total. The molecule has 0 spiro atoms. The zero-order valence-corrected chi connectivity index (χ0v) is 16.6. The Morgan fingerprint density at radius 1 is 1.13 bits per heavy atom. The molecule has 158 valence electrons. The molecule has 0 aliphatic heterocycles. The molecule has 9 heteroatoms. The highest BCUT2D eigenvalue weighted by Gasteiger charge is 2.36. The summed E-state index contributed by atoms with van der Waals surface area (Å²) in [5, 5.41) is 22.1. The predicted octanol–water partition coefficient (Wildman–Crippen LogP) is 4.60. The summed E-state index contributed by atoms with van der Waals surface area (Å²) in [5.74, 6) is -0.929. The van der Waals surface area contributed by atoms with Crippen molar-refractivity contribution in [1.82, 2.24) is 0 Å². The summed E-state index contributed by atoms with van der Waals surface area (Å²) < 4.78 is 11.5. The van der Waals surface area contributed by atoms with Gasteiger partial charge in [-0.1, -0.05) is 36.4 Å². The third-order valence-corrected chi connectivity index (χ3v) is 4.64. The highest BCUT2D eigenvalue weighted by molar-refractivity contribution is 5.91. The summed E-state index contributed by atoms with van der Waals surface area (Å²) >= 11 is 0. The van der Waals surface area contributed by atoms with Crippen molar-refractivity contribution in [3.8, 4) is 0 Å². The van der Waals surface area contributed by atoms with Gasteiger partial charge >= 0.3 is 5.97 Å². The first-order chi connectivity index (χ1) is 14.2. The molecule has 0 radical (unpaired) electrons. The summed E-state index contributed by atoms with van der Waals surface area (Å²) in [5.41, 5.74) is -1.65. The molecule has 0 saturated heterocycles. The van der Waals surface area contributed by atoms with E-state index in [9.17, 15) is 25.0 Å². The van der Waals surface area contributed by atoms with Crippen molar-refractivity contribution in [2.24, 2.45) is 0 Å². The van der Waals surface area contributed by atoms with E-state index in [1.54, 1.807) is 19.9 Å². The number of esters is 1. The van der Waals surface area contributed by atoms with Crippen molar-refractivity contribution in [3.63, 3.8) is 0 Å². The van der Waals surface area contributed by atoms with Crippen molar-refractivity contribution < 1.29 is 24.1 Å². The number of ether oxygens (including phenoxy) is 2. The molecule has 0 bridgehead atoms. The number of rotatable bonds is 10. The van der Waals surface area contributed by atoms with Gasteiger partial charge in [-0.15, -0.1) is 6.58 Å². The Labute approximate surface area is 173 Å². The molecule has 2 aromatic carbocycles. The van der Waals surface area contributed by atoms with Gasteiger partial charge in [0.1, 0.15) is 5.60 Å². The lowest BCUT2D eigenvalue weighted by molar-refractivity contribution is -0.394. The maximum atomic E-state index is 12.7. The van der Waals surface area contributed by atoms with Crippen molar-refractivity contribution in [3.05, 3.63) is 92.5 Å². The number of hydrogen-bond donors (Lipinski definition) is 0. The lowest BCUT2D eigenvalue weighted by atomic mass is 9.95. The normalized spacial score (nSPS) is 13.7. The molecule has 0 aromatic heterocycles. The number of nitro groups is 2. The van der Waals surface area contributed by atoms with Gasteiger partial charge in [0.15, 0.2) is 0 Å². The average Bonchev–Trinajstić information content (AvgIpc) is 2.72. The minimum Gasteiger partial charge on any atom is -0.453 e. The van der Waals surface area contributed by atoms with Gasteiger partial charge in [-0.05, 0) is 19.4 Å². The molecule has 0 amide bonds. The van der Waals surface area contributed by atoms with Crippen LogP contribution in [0.1, 0.15) is 36.2 Å². The van der Waals surface area contributed by atoms with Crippen molar-refractivity contribution in [2.45, 2.75) is 38.6 Å². The Morgan fingerprint density at radius 3 is 2.20 bits per heavy atom. The van der Waals surface area contributed by atoms with Gasteiger partial charge in [0.2, 0.25) is 0 Å². The SMILES string of the molecule is C=CC[C@](C)(OC(=O)c1cc([N+](=O)[O-])cc([N+](=O)[O-])c1)[C@H](C)OCc1ccccc1. The molecule has 2 rings (SSSR count). The highest BCUT2D eigenvalue weighted by Crippen LogP contribution is 2.28. The Balaban J connectivity index is 2.24. The first-order valence-electron chi connectivity index (χ1n) is 9.10. The number of benzene rings is 2. The van der Waals surface area contributed by atoms with E-state index < -0.39 is 38.9 Å². The molecule has 0 aliphatic rings. The topological polar surface area (TPSA) is 122 Å². The van der Waals surface area contributed by atoms with Gasteiger partial charge in [0.25, 0.3) is 11.4 Å². The summed E-state index contributed by atoms with van der Waals surface area (Å²) in [6.07, 6.45) is 1.24. The van der Waals surface area contributed by atoms with Crippen LogP contribution in [0.25, 0.3) is 0 Å². The number of non-ortho nitro benzene ring substituents is 2. The van der Waals surface area contributed by atoms with Crippen LogP contribution in [0.4, 0.5) is 11.4 Å². The number of nitrogens with zero attached hydrogens (tertiary/aromatic N) is 2. The highest BCUT2D eigenvalue weighted by atomic mass is 16.6. The van der Waals surface area contributed by atoms with Gasteiger partial charge in [-0.3, -0.25) is 20.2 Å². The van der Waals surface area contributed by atoms with E-state index in [4.69, 9.17) is 9.47 Å². The summed E-state index contributed by atoms with van der Waals surface area (Å²) in [6, 6.07) is 12.1. The largest absolute Gasteiger partial charge is 0.453 e. The molecular formula is C21H22N2O7. The van der Waals surface area contributed by atoms with Crippen LogP contribution >= 0.6 is 0 Å². The molecule has 30 heavy (non-hydrogen) atoms. The zero-order valence-electron chi connectivity index (χ0n) is 16.6. The van der Waals surface area contributed by atoms with Gasteiger partial charge in [-0.25, -0.2) is 4.79 Å². The van der Waals surface area contributed by atoms with Crippen molar-refractivity contribution in [2.75, 3.05) is 0 Å². The summed E-state index contributed by atoms with van der Waals surface area (Å²) in [6.45, 7) is 7.34. The Bertz CT molecular complexity index is 913. The Hall–Kier alpha value is -3.59. The Kier molecular flexibility index (Phi) is 7.38. The summed E-state index contributed by atoms with van der Waals surface area (Å²) in [7, 11) is 0. The number of carbonyl (C=O) groups excluding carboxylic acids is 1. The first-order valence-corrected chi connectivity index (χ1v) is 9.10. The van der Waals surface area contributed by atoms with Crippen LogP contribution < -0.4 is 0 Å². The quantitative estimate of drug-likeness (QED) is 0.241. The molecule has 0 unspecified atom stereocenters. The van der Waals surface area contributed by atoms with Crippen molar-refractivity contribution >= 4 is 17.3 Å². The van der Waals surface area contributed by atoms with Crippen molar-refractivity contribution in [1.29, 1.82) is 0 Å². The van der Waals surface area contributed by atoms with Crippen LogP contribution in [-0.2, 0) is 16.1 Å². The fourth-order valence-corrected chi connectivity index (χ4v) is 2.74. The van der Waals surface area contributed by atoms with E-state index in [-0.39, 0.29) is 18.6 Å². The van der Waals surface area contributed by atoms with Crippen LogP contribution in [0, 0.1) is 20.2 Å². The first kappa shape index (κ1) is 22.7. The lowest BCUT2D eigenvalue weighted by Crippen LogP contribution is -2.43. The van der Waals surface area contributed by atoms with Crippen LogP contribution in [-0.4, -0.2) is 27.5 Å². The van der Waals surface area contributed by atoms with Gasteiger partial charge in [0.05, 0.1) is 34.2 Å². The molecule has 9 nitrogen and oxygen atoms in total. The lowest BCUT2D eigenvalue weighted by Gasteiger charge is -2.34. The smallest absolute Gasteiger partial charge is 0.339 e. The minimum atomic E-state index is -1.15. The second kappa shape index (κ2) is 9.75. The van der Waals surface area contributed by atoms with Gasteiger partial charge in [-0.2, -0.15) is 0 Å². The maximum Gasteiger partial charge on any atom is 0.339 e. The molecule has 2 atom stereocenters. The van der Waals surface area contributed by atoms with Gasteiger partial charge < -0.3 is 9.47 Å². The van der Waals surface area contributed by atoms with E-state index in [0.717, 1.165) is 23.8 Å². The van der Waals surface area contributed by atoms with E-state index in [1.165, 1.54) is 0 Å². The molecule has 0 heterocycles. The van der Waals surface area contributed by atoms with Crippen LogP contribution in [0.2, 0.25) is 0 Å². The number of carbonyl (C=O) groups is 1. The second-order valence-electron chi connectivity index (χ2n) is 6.89. The van der Waals surface area contributed by atoms with Crippen LogP contribution in [0.15, 0.2) is 61.2 Å².